The van der Waals surface area contributed by atoms with E-state index < -0.39 is 0 Å². The van der Waals surface area contributed by atoms with Gasteiger partial charge in [-0.1, -0.05) is 18.2 Å². The molecule has 21 heavy (non-hydrogen) atoms. The molecule has 102 valence electrons. The first-order valence-corrected chi connectivity index (χ1v) is 7.74. The molecule has 3 heterocycles. The summed E-state index contributed by atoms with van der Waals surface area (Å²) in [7, 11) is 0. The molecule has 0 saturated carbocycles. The van der Waals surface area contributed by atoms with E-state index in [1.807, 2.05) is 24.7 Å². The second kappa shape index (κ2) is 4.64. The lowest BCUT2D eigenvalue weighted by Crippen LogP contribution is -1.84. The molecule has 1 aromatic carbocycles. The maximum absolute atomic E-state index is 4.54. The van der Waals surface area contributed by atoms with Crippen molar-refractivity contribution in [3.05, 3.63) is 60.0 Å². The van der Waals surface area contributed by atoms with E-state index in [1.54, 1.807) is 11.3 Å². The number of pyridine rings is 2. The molecule has 3 aromatic heterocycles. The van der Waals surface area contributed by atoms with Crippen LogP contribution in [-0.2, 0) is 0 Å². The Labute approximate surface area is 127 Å². The van der Waals surface area contributed by atoms with Crippen molar-refractivity contribution in [1.82, 2.24) is 9.97 Å². The van der Waals surface area contributed by atoms with Gasteiger partial charge in [0.15, 0.2) is 0 Å². The smallest absolute Gasteiger partial charge is 0.0719 e. The standard InChI is InChI=1S/C18H14N2S/c1-11-6-7-20-15(8-11)13-4-3-5-14-17-12(2)9-19-10-16(17)21-18(13)14/h3-10H,1-2H3. The van der Waals surface area contributed by atoms with Crippen LogP contribution in [0.4, 0.5) is 0 Å². The lowest BCUT2D eigenvalue weighted by atomic mass is 10.0. The fraction of sp³-hybridized carbons (Fsp3) is 0.111. The van der Waals surface area contributed by atoms with Gasteiger partial charge < -0.3 is 0 Å². The number of benzene rings is 1. The average Bonchev–Trinajstić information content (AvgIpc) is 2.87. The zero-order valence-electron chi connectivity index (χ0n) is 11.9. The summed E-state index contributed by atoms with van der Waals surface area (Å²) in [6, 6.07) is 10.6. The fourth-order valence-electron chi connectivity index (χ4n) is 2.80. The monoisotopic (exact) mass is 290 g/mol. The summed E-state index contributed by atoms with van der Waals surface area (Å²) in [6.45, 7) is 4.23. The van der Waals surface area contributed by atoms with Crippen molar-refractivity contribution in [3.8, 4) is 11.3 Å². The first-order valence-electron chi connectivity index (χ1n) is 6.93. The lowest BCUT2D eigenvalue weighted by molar-refractivity contribution is 1.29. The molecule has 0 spiro atoms. The molecule has 0 aliphatic carbocycles. The molecule has 0 unspecified atom stereocenters. The Morgan fingerprint density at radius 2 is 1.95 bits per heavy atom. The van der Waals surface area contributed by atoms with Gasteiger partial charge in [0, 0.05) is 39.6 Å². The molecule has 3 heteroatoms. The van der Waals surface area contributed by atoms with Crippen molar-refractivity contribution in [2.24, 2.45) is 0 Å². The molecule has 0 bridgehead atoms. The Bertz CT molecular complexity index is 969. The highest BCUT2D eigenvalue weighted by Crippen LogP contribution is 2.40. The number of rotatable bonds is 1. The fourth-order valence-corrected chi connectivity index (χ4v) is 4.07. The van der Waals surface area contributed by atoms with Crippen molar-refractivity contribution in [2.45, 2.75) is 13.8 Å². The quantitative estimate of drug-likeness (QED) is 0.486. The molecule has 0 radical (unpaired) electrons. The summed E-state index contributed by atoms with van der Waals surface area (Å²) >= 11 is 1.80. The van der Waals surface area contributed by atoms with Crippen LogP contribution in [0.5, 0.6) is 0 Å². The van der Waals surface area contributed by atoms with Crippen LogP contribution in [0.1, 0.15) is 11.1 Å². The molecule has 0 N–H and O–H groups in total. The molecule has 0 saturated heterocycles. The zero-order valence-corrected chi connectivity index (χ0v) is 12.7. The van der Waals surface area contributed by atoms with Crippen LogP contribution in [0.2, 0.25) is 0 Å². The minimum atomic E-state index is 1.04. The van der Waals surface area contributed by atoms with E-state index >= 15 is 0 Å². The summed E-state index contributed by atoms with van der Waals surface area (Å²) in [5, 5.41) is 2.62. The van der Waals surface area contributed by atoms with E-state index in [-0.39, 0.29) is 0 Å². The highest BCUT2D eigenvalue weighted by molar-refractivity contribution is 7.26. The van der Waals surface area contributed by atoms with Crippen LogP contribution in [0, 0.1) is 13.8 Å². The molecular weight excluding hydrogens is 276 g/mol. The number of thiophene rings is 1. The summed E-state index contributed by atoms with van der Waals surface area (Å²) in [4.78, 5) is 8.86. The third-order valence-electron chi connectivity index (χ3n) is 3.79. The van der Waals surface area contributed by atoms with Gasteiger partial charge in [-0.2, -0.15) is 0 Å². The predicted octanol–water partition coefficient (Wildman–Crippen LogP) is 5.13. The number of hydrogen-bond acceptors (Lipinski definition) is 3. The van der Waals surface area contributed by atoms with Gasteiger partial charge in [-0.25, -0.2) is 0 Å². The number of nitrogens with zero attached hydrogens (tertiary/aromatic N) is 2. The number of aromatic nitrogens is 2. The van der Waals surface area contributed by atoms with Crippen LogP contribution < -0.4 is 0 Å². The summed E-state index contributed by atoms with van der Waals surface area (Å²) in [5.74, 6) is 0. The molecular formula is C18H14N2S. The van der Waals surface area contributed by atoms with Crippen molar-refractivity contribution in [3.63, 3.8) is 0 Å². The van der Waals surface area contributed by atoms with E-state index in [1.165, 1.54) is 36.9 Å². The van der Waals surface area contributed by atoms with Crippen LogP contribution >= 0.6 is 11.3 Å². The largest absolute Gasteiger partial charge is 0.263 e. The van der Waals surface area contributed by atoms with E-state index in [9.17, 15) is 0 Å². The number of aryl methyl sites for hydroxylation is 2. The van der Waals surface area contributed by atoms with E-state index in [0.717, 1.165) is 5.69 Å². The molecule has 0 aliphatic rings. The highest BCUT2D eigenvalue weighted by Gasteiger charge is 2.12. The summed E-state index contributed by atoms with van der Waals surface area (Å²) < 4.78 is 2.53. The summed E-state index contributed by atoms with van der Waals surface area (Å²) in [6.07, 6.45) is 5.77. The van der Waals surface area contributed by atoms with Gasteiger partial charge in [0.25, 0.3) is 0 Å². The minimum Gasteiger partial charge on any atom is -0.263 e. The molecule has 2 nitrogen and oxygen atoms in total. The van der Waals surface area contributed by atoms with Crippen LogP contribution in [0.3, 0.4) is 0 Å². The van der Waals surface area contributed by atoms with Crippen molar-refractivity contribution in [2.75, 3.05) is 0 Å². The third-order valence-corrected chi connectivity index (χ3v) is 4.96. The third kappa shape index (κ3) is 1.93. The van der Waals surface area contributed by atoms with Crippen LogP contribution in [0.25, 0.3) is 31.4 Å². The minimum absolute atomic E-state index is 1.04. The van der Waals surface area contributed by atoms with E-state index in [0.29, 0.717) is 0 Å². The Kier molecular flexibility index (Phi) is 2.76. The average molecular weight is 290 g/mol. The van der Waals surface area contributed by atoms with E-state index in [4.69, 9.17) is 0 Å². The van der Waals surface area contributed by atoms with Crippen molar-refractivity contribution in [1.29, 1.82) is 0 Å². The van der Waals surface area contributed by atoms with Crippen molar-refractivity contribution >= 4 is 31.5 Å². The normalized spacial score (nSPS) is 11.3. The molecule has 0 amide bonds. The Morgan fingerprint density at radius 3 is 2.81 bits per heavy atom. The maximum Gasteiger partial charge on any atom is 0.0719 e. The van der Waals surface area contributed by atoms with Gasteiger partial charge in [0.1, 0.15) is 0 Å². The molecule has 0 aliphatic heterocycles. The van der Waals surface area contributed by atoms with Crippen LogP contribution in [-0.4, -0.2) is 9.97 Å². The first-order chi connectivity index (χ1) is 10.2. The van der Waals surface area contributed by atoms with Gasteiger partial charge in [0.2, 0.25) is 0 Å². The summed E-state index contributed by atoms with van der Waals surface area (Å²) in [5.41, 5.74) is 4.71. The Morgan fingerprint density at radius 1 is 1.05 bits per heavy atom. The molecule has 4 aromatic rings. The Hall–Kier alpha value is -2.26. The molecule has 0 fully saturated rings. The van der Waals surface area contributed by atoms with Gasteiger partial charge >= 0.3 is 0 Å². The second-order valence-corrected chi connectivity index (χ2v) is 6.38. The Balaban J connectivity index is 2.12. The number of fused-ring (bicyclic) bond motifs is 3. The number of hydrogen-bond donors (Lipinski definition) is 0. The molecule has 0 atom stereocenters. The predicted molar refractivity (Wildman–Crippen MR) is 89.8 cm³/mol. The van der Waals surface area contributed by atoms with Gasteiger partial charge in [-0.3, -0.25) is 9.97 Å². The van der Waals surface area contributed by atoms with Gasteiger partial charge in [-0.05, 0) is 37.1 Å². The molecule has 4 rings (SSSR count). The van der Waals surface area contributed by atoms with E-state index in [2.05, 4.69) is 48.1 Å². The zero-order chi connectivity index (χ0) is 14.4. The lowest BCUT2D eigenvalue weighted by Gasteiger charge is -2.03. The van der Waals surface area contributed by atoms with Crippen molar-refractivity contribution < 1.29 is 0 Å². The van der Waals surface area contributed by atoms with Crippen LogP contribution in [0.15, 0.2) is 48.9 Å². The first kappa shape index (κ1) is 12.5. The second-order valence-electron chi connectivity index (χ2n) is 5.33. The SMILES string of the molecule is Cc1ccnc(-c2cccc3c2sc2cncc(C)c23)c1. The van der Waals surface area contributed by atoms with Gasteiger partial charge in [0.05, 0.1) is 10.4 Å². The van der Waals surface area contributed by atoms with Gasteiger partial charge in [-0.15, -0.1) is 11.3 Å². The maximum atomic E-state index is 4.54. The highest BCUT2D eigenvalue weighted by atomic mass is 32.1. The topological polar surface area (TPSA) is 25.8 Å².